The molecule has 154 valence electrons. The summed E-state index contributed by atoms with van der Waals surface area (Å²) in [5, 5.41) is 3.34. The Morgan fingerprint density at radius 3 is 1.96 bits per heavy atom. The first-order valence-electron chi connectivity index (χ1n) is 10.7. The fraction of sp³-hybridized carbons (Fsp3) is 0.500. The molecule has 3 nitrogen and oxygen atoms in total. The van der Waals surface area contributed by atoms with Gasteiger partial charge in [0.05, 0.1) is 0 Å². The summed E-state index contributed by atoms with van der Waals surface area (Å²) in [6.07, 6.45) is 8.93. The molecule has 1 unspecified atom stereocenters. The van der Waals surface area contributed by atoms with E-state index in [4.69, 9.17) is 0 Å². The van der Waals surface area contributed by atoms with Crippen molar-refractivity contribution in [3.8, 4) is 11.1 Å². The van der Waals surface area contributed by atoms with Gasteiger partial charge in [0.15, 0.2) is 7.37 Å². The predicted molar refractivity (Wildman–Crippen MR) is 121 cm³/mol. The van der Waals surface area contributed by atoms with Crippen molar-refractivity contribution in [3.63, 3.8) is 0 Å². The zero-order valence-corrected chi connectivity index (χ0v) is 18.4. The van der Waals surface area contributed by atoms with E-state index in [0.717, 1.165) is 19.5 Å². The topological polar surface area (TPSA) is 49.3 Å². The van der Waals surface area contributed by atoms with Crippen molar-refractivity contribution in [2.75, 3.05) is 19.4 Å². The Morgan fingerprint density at radius 1 is 0.821 bits per heavy atom. The summed E-state index contributed by atoms with van der Waals surface area (Å²) in [5.74, 6) is 0. The van der Waals surface area contributed by atoms with Gasteiger partial charge in [-0.1, -0.05) is 81.1 Å². The van der Waals surface area contributed by atoms with Crippen LogP contribution in [0.2, 0.25) is 0 Å². The van der Waals surface area contributed by atoms with Gasteiger partial charge in [-0.05, 0) is 48.1 Å². The smallest absolute Gasteiger partial charge is 0.197 e. The van der Waals surface area contributed by atoms with E-state index in [1.54, 1.807) is 0 Å². The van der Waals surface area contributed by atoms with Gasteiger partial charge in [-0.15, -0.1) is 0 Å². The van der Waals surface area contributed by atoms with Crippen LogP contribution in [0.25, 0.3) is 11.1 Å². The molecular weight excluding hydrogens is 365 g/mol. The average molecular weight is 402 g/mol. The minimum Gasteiger partial charge on any atom is -0.344 e. The molecule has 0 aromatic heterocycles. The lowest BCUT2D eigenvalue weighted by Gasteiger charge is -2.08. The number of benzene rings is 2. The first-order valence-corrected chi connectivity index (χ1v) is 13.0. The Kier molecular flexibility index (Phi) is 9.98. The molecule has 0 aliphatic heterocycles. The molecule has 2 N–H and O–H groups in total. The third-order valence-electron chi connectivity index (χ3n) is 5.07. The minimum absolute atomic E-state index is 0.383. The standard InChI is InChI=1S/C24H36NO2P/c1-3-4-5-6-7-9-21-10-14-23(15-11-21)24-16-12-22(13-17-24)20-25-18-8-19-28(2,26)27/h10-17,25H,3-9,18-20H2,1-2H3,(H,26,27). The quantitative estimate of drug-likeness (QED) is 0.308. The molecule has 28 heavy (non-hydrogen) atoms. The molecule has 0 fully saturated rings. The van der Waals surface area contributed by atoms with Crippen molar-refractivity contribution in [1.82, 2.24) is 5.32 Å². The summed E-state index contributed by atoms with van der Waals surface area (Å²) < 4.78 is 11.3. The van der Waals surface area contributed by atoms with Gasteiger partial charge < -0.3 is 10.2 Å². The first kappa shape index (κ1) is 22.9. The number of aryl methyl sites for hydroxylation is 1. The van der Waals surface area contributed by atoms with Gasteiger partial charge in [-0.2, -0.15) is 0 Å². The maximum atomic E-state index is 11.3. The highest BCUT2D eigenvalue weighted by atomic mass is 31.2. The summed E-state index contributed by atoms with van der Waals surface area (Å²) in [6, 6.07) is 17.6. The van der Waals surface area contributed by atoms with E-state index in [2.05, 4.69) is 60.8 Å². The van der Waals surface area contributed by atoms with Crippen LogP contribution in [0.15, 0.2) is 48.5 Å². The van der Waals surface area contributed by atoms with E-state index in [1.807, 2.05) is 0 Å². The maximum absolute atomic E-state index is 11.3. The van der Waals surface area contributed by atoms with Crippen molar-refractivity contribution in [2.24, 2.45) is 0 Å². The highest BCUT2D eigenvalue weighted by Crippen LogP contribution is 2.35. The molecular formula is C24H36NO2P. The summed E-state index contributed by atoms with van der Waals surface area (Å²) in [6.45, 7) is 5.23. The van der Waals surface area contributed by atoms with Crippen LogP contribution in [-0.2, 0) is 17.5 Å². The van der Waals surface area contributed by atoms with E-state index in [0.29, 0.717) is 6.16 Å². The number of nitrogens with one attached hydrogen (secondary N) is 1. The molecule has 0 saturated heterocycles. The fourth-order valence-electron chi connectivity index (χ4n) is 3.34. The van der Waals surface area contributed by atoms with Crippen LogP contribution in [0.4, 0.5) is 0 Å². The number of unbranched alkanes of at least 4 members (excludes halogenated alkanes) is 4. The van der Waals surface area contributed by atoms with Gasteiger partial charge in [0.1, 0.15) is 0 Å². The van der Waals surface area contributed by atoms with Crippen LogP contribution in [0.1, 0.15) is 56.6 Å². The third kappa shape index (κ3) is 9.19. The Hall–Kier alpha value is -1.41. The molecule has 0 saturated carbocycles. The molecule has 0 aliphatic carbocycles. The van der Waals surface area contributed by atoms with Gasteiger partial charge in [-0.25, -0.2) is 0 Å². The molecule has 0 spiro atoms. The first-order chi connectivity index (χ1) is 13.5. The zero-order valence-electron chi connectivity index (χ0n) is 17.5. The van der Waals surface area contributed by atoms with Crippen molar-refractivity contribution in [2.45, 2.75) is 58.4 Å². The normalized spacial score (nSPS) is 13.4. The van der Waals surface area contributed by atoms with Crippen molar-refractivity contribution < 1.29 is 9.46 Å². The van der Waals surface area contributed by atoms with E-state index < -0.39 is 7.37 Å². The molecule has 0 bridgehead atoms. The highest BCUT2D eigenvalue weighted by Gasteiger charge is 2.07. The Morgan fingerprint density at radius 2 is 1.39 bits per heavy atom. The highest BCUT2D eigenvalue weighted by molar-refractivity contribution is 7.57. The lowest BCUT2D eigenvalue weighted by atomic mass is 10.00. The van der Waals surface area contributed by atoms with Crippen LogP contribution in [-0.4, -0.2) is 24.3 Å². The zero-order chi connectivity index (χ0) is 20.2. The number of rotatable bonds is 13. The van der Waals surface area contributed by atoms with Crippen LogP contribution < -0.4 is 5.32 Å². The van der Waals surface area contributed by atoms with Gasteiger partial charge >= 0.3 is 0 Å². The molecule has 0 radical (unpaired) electrons. The van der Waals surface area contributed by atoms with Gasteiger partial charge in [0.25, 0.3) is 0 Å². The van der Waals surface area contributed by atoms with Crippen LogP contribution in [0, 0.1) is 0 Å². The van der Waals surface area contributed by atoms with Crippen molar-refractivity contribution >= 4 is 7.37 Å². The van der Waals surface area contributed by atoms with Gasteiger partial charge in [-0.3, -0.25) is 4.57 Å². The van der Waals surface area contributed by atoms with E-state index in [9.17, 15) is 9.46 Å². The van der Waals surface area contributed by atoms with E-state index >= 15 is 0 Å². The maximum Gasteiger partial charge on any atom is 0.197 e. The van der Waals surface area contributed by atoms with E-state index in [1.165, 1.54) is 67.4 Å². The summed E-state index contributed by atoms with van der Waals surface area (Å²) >= 11 is 0. The lowest BCUT2D eigenvalue weighted by Crippen LogP contribution is -2.15. The molecule has 0 amide bonds. The van der Waals surface area contributed by atoms with Crippen molar-refractivity contribution in [3.05, 3.63) is 59.7 Å². The second-order valence-corrected chi connectivity index (χ2v) is 10.4. The van der Waals surface area contributed by atoms with Crippen LogP contribution >= 0.6 is 7.37 Å². The largest absolute Gasteiger partial charge is 0.344 e. The summed E-state index contributed by atoms with van der Waals surface area (Å²) in [7, 11) is -2.87. The Balaban J connectivity index is 1.75. The molecule has 2 aromatic rings. The van der Waals surface area contributed by atoms with Gasteiger partial charge in [0, 0.05) is 19.4 Å². The second-order valence-electron chi connectivity index (χ2n) is 7.86. The Bertz CT molecular complexity index is 719. The molecule has 1 atom stereocenters. The Labute approximate surface area is 171 Å². The molecule has 0 heterocycles. The lowest BCUT2D eigenvalue weighted by molar-refractivity contribution is 0.481. The monoisotopic (exact) mass is 401 g/mol. The van der Waals surface area contributed by atoms with Crippen molar-refractivity contribution in [1.29, 1.82) is 0 Å². The summed E-state index contributed by atoms with van der Waals surface area (Å²) in [4.78, 5) is 9.29. The average Bonchev–Trinajstić information content (AvgIpc) is 2.68. The minimum atomic E-state index is -2.87. The van der Waals surface area contributed by atoms with E-state index in [-0.39, 0.29) is 0 Å². The number of hydrogen-bond donors (Lipinski definition) is 2. The third-order valence-corrected chi connectivity index (χ3v) is 6.21. The fourth-order valence-corrected chi connectivity index (χ4v) is 4.09. The second kappa shape index (κ2) is 12.2. The molecule has 2 aromatic carbocycles. The molecule has 2 rings (SSSR count). The van der Waals surface area contributed by atoms with Crippen LogP contribution in [0.3, 0.4) is 0 Å². The molecule has 4 heteroatoms. The van der Waals surface area contributed by atoms with Gasteiger partial charge in [0.2, 0.25) is 0 Å². The predicted octanol–water partition coefficient (Wildman–Crippen LogP) is 6.25. The number of hydrogen-bond acceptors (Lipinski definition) is 2. The summed E-state index contributed by atoms with van der Waals surface area (Å²) in [5.41, 5.74) is 5.16. The molecule has 0 aliphatic rings. The SMILES string of the molecule is CCCCCCCc1ccc(-c2ccc(CNCCCP(C)(=O)O)cc2)cc1. The van der Waals surface area contributed by atoms with Crippen LogP contribution in [0.5, 0.6) is 0 Å².